The van der Waals surface area contributed by atoms with E-state index in [0.717, 1.165) is 51.6 Å². The Bertz CT molecular complexity index is 756. The number of ketones is 1. The summed E-state index contributed by atoms with van der Waals surface area (Å²) in [5.74, 6) is 3.36. The molecule has 1 N–H and O–H groups in total. The molecule has 31 heavy (non-hydrogen) atoms. The number of carbonyl (C=O) groups is 1. The van der Waals surface area contributed by atoms with Gasteiger partial charge in [0.25, 0.3) is 0 Å². The number of aliphatic hydroxyl groups excluding tert-OH is 1. The smallest absolute Gasteiger partial charge is 0.171 e. The summed E-state index contributed by atoms with van der Waals surface area (Å²) in [4.78, 5) is 13.9. The van der Waals surface area contributed by atoms with Crippen molar-refractivity contribution >= 4 is 5.78 Å². The van der Waals surface area contributed by atoms with Crippen molar-refractivity contribution in [1.29, 1.82) is 0 Å². The number of Topliss-reactive ketones (excluding diaryl/α,β-unsaturated/α-hetero) is 1. The standard InChI is InChI=1S/C27H42O4/c1-15-7-10-27(30-14-15)16(2)23-22(31-27)12-20-19-6-5-17-11-18(28)8-9-25(17,3)24(19)21(29)13-26(20,23)4/h15-20,22-24,28H,5-14H2,1-4H3/t15?,16-,17-,18-,19?,20?,22-,23?,24?,25-,26-,27?/m0/s1. The van der Waals surface area contributed by atoms with Crippen LogP contribution < -0.4 is 0 Å². The zero-order valence-electron chi connectivity index (χ0n) is 19.9. The Morgan fingerprint density at radius 3 is 2.55 bits per heavy atom. The number of ether oxygens (including phenoxy) is 2. The Morgan fingerprint density at radius 1 is 1.00 bits per heavy atom. The van der Waals surface area contributed by atoms with E-state index >= 15 is 0 Å². The molecule has 4 aliphatic carbocycles. The van der Waals surface area contributed by atoms with Gasteiger partial charge >= 0.3 is 0 Å². The number of hydrogen-bond donors (Lipinski definition) is 1. The van der Waals surface area contributed by atoms with Gasteiger partial charge in [-0.25, -0.2) is 0 Å². The molecule has 0 amide bonds. The molecule has 2 saturated heterocycles. The molecule has 2 aliphatic heterocycles. The van der Waals surface area contributed by atoms with Crippen LogP contribution in [0.3, 0.4) is 0 Å². The average Bonchev–Trinajstić information content (AvgIpc) is 3.15. The molecule has 6 unspecified atom stereocenters. The summed E-state index contributed by atoms with van der Waals surface area (Å²) >= 11 is 0. The predicted molar refractivity (Wildman–Crippen MR) is 118 cm³/mol. The Kier molecular flexibility index (Phi) is 4.62. The van der Waals surface area contributed by atoms with Crippen LogP contribution in [-0.2, 0) is 14.3 Å². The SMILES string of the molecule is CC1CCC2(OC1)O[C@H]1CC3C4CC[C@H]5C[C@@H](O)CC[C@]5(C)C4C(=O)C[C@]3(C)C1[C@@H]2C. The van der Waals surface area contributed by atoms with Crippen LogP contribution in [0.15, 0.2) is 0 Å². The minimum Gasteiger partial charge on any atom is -0.393 e. The number of aliphatic hydroxyl groups is 1. The highest BCUT2D eigenvalue weighted by atomic mass is 16.7. The molecule has 0 aromatic heterocycles. The summed E-state index contributed by atoms with van der Waals surface area (Å²) in [5.41, 5.74) is 0.143. The van der Waals surface area contributed by atoms with Crippen molar-refractivity contribution in [3.63, 3.8) is 0 Å². The number of hydrogen-bond acceptors (Lipinski definition) is 4. The van der Waals surface area contributed by atoms with Crippen molar-refractivity contribution in [2.45, 2.75) is 103 Å². The molecule has 0 aromatic carbocycles. The van der Waals surface area contributed by atoms with Crippen LogP contribution in [0.5, 0.6) is 0 Å². The van der Waals surface area contributed by atoms with Crippen molar-refractivity contribution in [2.75, 3.05) is 6.61 Å². The fourth-order valence-corrected chi connectivity index (χ4v) is 10.1. The molecular weight excluding hydrogens is 388 g/mol. The summed E-state index contributed by atoms with van der Waals surface area (Å²) in [5, 5.41) is 10.3. The van der Waals surface area contributed by atoms with E-state index in [-0.39, 0.29) is 29.0 Å². The van der Waals surface area contributed by atoms with Crippen LogP contribution in [0.4, 0.5) is 0 Å². The van der Waals surface area contributed by atoms with Crippen LogP contribution in [-0.4, -0.2) is 35.5 Å². The monoisotopic (exact) mass is 430 g/mol. The summed E-state index contributed by atoms with van der Waals surface area (Å²) in [6, 6.07) is 0. The van der Waals surface area contributed by atoms with E-state index in [1.807, 2.05) is 0 Å². The van der Waals surface area contributed by atoms with E-state index in [2.05, 4.69) is 27.7 Å². The predicted octanol–water partition coefficient (Wildman–Crippen LogP) is 4.97. The second-order valence-corrected chi connectivity index (χ2v) is 13.1. The molecule has 4 saturated carbocycles. The first kappa shape index (κ1) is 21.1. The van der Waals surface area contributed by atoms with Gasteiger partial charge in [0, 0.05) is 24.7 Å². The summed E-state index contributed by atoms with van der Waals surface area (Å²) in [6.45, 7) is 10.2. The van der Waals surface area contributed by atoms with Crippen LogP contribution in [0.25, 0.3) is 0 Å². The van der Waals surface area contributed by atoms with Gasteiger partial charge in [-0.15, -0.1) is 0 Å². The highest BCUT2D eigenvalue weighted by Gasteiger charge is 2.70. The van der Waals surface area contributed by atoms with Gasteiger partial charge in [-0.2, -0.15) is 0 Å². The first-order valence-electron chi connectivity index (χ1n) is 13.2. The molecule has 0 aromatic rings. The van der Waals surface area contributed by atoms with Gasteiger partial charge in [0.15, 0.2) is 5.79 Å². The third-order valence-corrected chi connectivity index (χ3v) is 11.6. The van der Waals surface area contributed by atoms with E-state index in [9.17, 15) is 9.90 Å². The van der Waals surface area contributed by atoms with Crippen LogP contribution in [0, 0.1) is 52.3 Å². The fraction of sp³-hybridized carbons (Fsp3) is 0.963. The third-order valence-electron chi connectivity index (χ3n) is 11.6. The van der Waals surface area contributed by atoms with E-state index in [1.54, 1.807) is 0 Å². The molecule has 174 valence electrons. The molecule has 6 fully saturated rings. The normalized spacial score (nSPS) is 60.9. The highest BCUT2D eigenvalue weighted by molar-refractivity contribution is 5.84. The first-order chi connectivity index (χ1) is 14.7. The van der Waals surface area contributed by atoms with Gasteiger partial charge < -0.3 is 14.6 Å². The van der Waals surface area contributed by atoms with E-state index in [0.29, 0.717) is 41.3 Å². The average molecular weight is 431 g/mol. The van der Waals surface area contributed by atoms with Gasteiger partial charge in [0.05, 0.1) is 18.8 Å². The number of fused-ring (bicyclic) bond motifs is 7. The van der Waals surface area contributed by atoms with Crippen molar-refractivity contribution in [2.24, 2.45) is 52.3 Å². The lowest BCUT2D eigenvalue weighted by Crippen LogP contribution is -2.58. The molecule has 6 rings (SSSR count). The summed E-state index contributed by atoms with van der Waals surface area (Å²) in [6.07, 6.45) is 9.26. The molecule has 0 bridgehead atoms. The first-order valence-corrected chi connectivity index (χ1v) is 13.2. The topological polar surface area (TPSA) is 55.8 Å². The Hall–Kier alpha value is -0.450. The molecule has 2 heterocycles. The Balaban J connectivity index is 1.30. The lowest BCUT2D eigenvalue weighted by molar-refractivity contribution is -0.272. The quantitative estimate of drug-likeness (QED) is 0.589. The maximum atomic E-state index is 13.9. The largest absolute Gasteiger partial charge is 0.393 e. The van der Waals surface area contributed by atoms with Crippen LogP contribution >= 0.6 is 0 Å². The van der Waals surface area contributed by atoms with Gasteiger partial charge in [-0.05, 0) is 85.4 Å². The third kappa shape index (κ3) is 2.74. The summed E-state index contributed by atoms with van der Waals surface area (Å²) < 4.78 is 13.2. The molecule has 4 heteroatoms. The minimum absolute atomic E-state index is 0.0512. The van der Waals surface area contributed by atoms with Gasteiger partial charge in [-0.1, -0.05) is 27.7 Å². The molecular formula is C27H42O4. The maximum absolute atomic E-state index is 13.9. The Morgan fingerprint density at radius 2 is 1.81 bits per heavy atom. The zero-order chi connectivity index (χ0) is 21.8. The Labute approximate surface area is 187 Å². The zero-order valence-corrected chi connectivity index (χ0v) is 19.9. The minimum atomic E-state index is -0.404. The van der Waals surface area contributed by atoms with E-state index < -0.39 is 5.79 Å². The molecule has 1 spiro atoms. The number of rotatable bonds is 0. The van der Waals surface area contributed by atoms with Crippen LogP contribution in [0.1, 0.15) is 85.5 Å². The van der Waals surface area contributed by atoms with Gasteiger partial charge in [0.2, 0.25) is 0 Å². The van der Waals surface area contributed by atoms with Crippen molar-refractivity contribution in [3.05, 3.63) is 0 Å². The van der Waals surface area contributed by atoms with E-state index in [1.165, 1.54) is 12.8 Å². The van der Waals surface area contributed by atoms with E-state index in [4.69, 9.17) is 9.47 Å². The second-order valence-electron chi connectivity index (χ2n) is 13.1. The lowest BCUT2D eigenvalue weighted by Gasteiger charge is -2.60. The van der Waals surface area contributed by atoms with Crippen molar-refractivity contribution in [3.8, 4) is 0 Å². The maximum Gasteiger partial charge on any atom is 0.171 e. The second kappa shape index (κ2) is 6.79. The van der Waals surface area contributed by atoms with Crippen molar-refractivity contribution < 1.29 is 19.4 Å². The highest BCUT2D eigenvalue weighted by Crippen LogP contribution is 2.70. The molecule has 4 nitrogen and oxygen atoms in total. The molecule has 6 aliphatic rings. The van der Waals surface area contributed by atoms with Gasteiger partial charge in [-0.3, -0.25) is 4.79 Å². The van der Waals surface area contributed by atoms with Crippen LogP contribution in [0.2, 0.25) is 0 Å². The fourth-order valence-electron chi connectivity index (χ4n) is 10.1. The van der Waals surface area contributed by atoms with Gasteiger partial charge in [0.1, 0.15) is 5.78 Å². The molecule has 12 atom stereocenters. The lowest BCUT2D eigenvalue weighted by atomic mass is 9.44. The summed E-state index contributed by atoms with van der Waals surface area (Å²) in [7, 11) is 0. The van der Waals surface area contributed by atoms with Crippen molar-refractivity contribution in [1.82, 2.24) is 0 Å². The molecule has 0 radical (unpaired) electrons. The number of carbonyl (C=O) groups excluding carboxylic acids is 1.